The van der Waals surface area contributed by atoms with E-state index in [1.54, 1.807) is 6.20 Å². The van der Waals surface area contributed by atoms with Crippen LogP contribution in [0.5, 0.6) is 5.75 Å². The van der Waals surface area contributed by atoms with Gasteiger partial charge in [-0.2, -0.15) is 0 Å². The zero-order valence-corrected chi connectivity index (χ0v) is 14.7. The number of H-pyrrole nitrogens is 1. The van der Waals surface area contributed by atoms with Gasteiger partial charge in [-0.1, -0.05) is 12.1 Å². The predicted octanol–water partition coefficient (Wildman–Crippen LogP) is 3.14. The molecule has 2 aromatic rings. The molecular formula is C17H20BrN3O2. The fourth-order valence-electron chi connectivity index (χ4n) is 2.81. The van der Waals surface area contributed by atoms with Crippen molar-refractivity contribution in [1.82, 2.24) is 9.88 Å². The Kier molecular flexibility index (Phi) is 4.91. The molecule has 1 aliphatic heterocycles. The van der Waals surface area contributed by atoms with Gasteiger partial charge in [-0.05, 0) is 41.1 Å². The summed E-state index contributed by atoms with van der Waals surface area (Å²) in [5.74, 6) is 0.955. The largest absolute Gasteiger partial charge is 0.492 e. The van der Waals surface area contributed by atoms with Gasteiger partial charge >= 0.3 is 0 Å². The number of aromatic amines is 1. The molecule has 122 valence electrons. The molecule has 0 bridgehead atoms. The van der Waals surface area contributed by atoms with Crippen LogP contribution in [0.3, 0.4) is 0 Å². The first-order chi connectivity index (χ1) is 11.2. The third kappa shape index (κ3) is 3.52. The summed E-state index contributed by atoms with van der Waals surface area (Å²) in [5.41, 5.74) is 1.73. The average molecular weight is 378 g/mol. The summed E-state index contributed by atoms with van der Waals surface area (Å²) in [6, 6.07) is 9.89. The molecule has 3 rings (SSSR count). The van der Waals surface area contributed by atoms with Crippen LogP contribution in [0, 0.1) is 0 Å². The number of carbonyl (C=O) groups excluding carboxylic acids is 1. The van der Waals surface area contributed by atoms with Gasteiger partial charge in [-0.15, -0.1) is 0 Å². The van der Waals surface area contributed by atoms with E-state index in [0.29, 0.717) is 25.4 Å². The molecule has 0 spiro atoms. The second kappa shape index (κ2) is 7.08. The number of carbonyl (C=O) groups is 1. The Morgan fingerprint density at radius 1 is 1.26 bits per heavy atom. The molecule has 0 aliphatic carbocycles. The van der Waals surface area contributed by atoms with E-state index in [1.807, 2.05) is 36.1 Å². The molecule has 5 nitrogen and oxygen atoms in total. The first kappa shape index (κ1) is 15.9. The lowest BCUT2D eigenvalue weighted by molar-refractivity contribution is 0.0741. The van der Waals surface area contributed by atoms with E-state index >= 15 is 0 Å². The summed E-state index contributed by atoms with van der Waals surface area (Å²) in [7, 11) is 0. The highest BCUT2D eigenvalue weighted by molar-refractivity contribution is 9.10. The molecule has 1 aromatic heterocycles. The first-order valence-electron chi connectivity index (χ1n) is 7.79. The van der Waals surface area contributed by atoms with Crippen LogP contribution in [-0.2, 0) is 0 Å². The number of hydrogen-bond donors (Lipinski definition) is 1. The number of amides is 1. The summed E-state index contributed by atoms with van der Waals surface area (Å²) in [4.78, 5) is 19.6. The third-order valence-electron chi connectivity index (χ3n) is 3.95. The second-order valence-corrected chi connectivity index (χ2v) is 6.33. The van der Waals surface area contributed by atoms with Crippen molar-refractivity contribution in [3.8, 4) is 5.75 Å². The smallest absolute Gasteiger partial charge is 0.270 e. The Morgan fingerprint density at radius 3 is 2.65 bits per heavy atom. The molecule has 0 atom stereocenters. The van der Waals surface area contributed by atoms with Crippen molar-refractivity contribution in [3.05, 3.63) is 46.7 Å². The van der Waals surface area contributed by atoms with Crippen LogP contribution in [0.25, 0.3) is 0 Å². The van der Waals surface area contributed by atoms with E-state index < -0.39 is 0 Å². The molecule has 23 heavy (non-hydrogen) atoms. The zero-order valence-electron chi connectivity index (χ0n) is 13.1. The summed E-state index contributed by atoms with van der Waals surface area (Å²) in [5, 5.41) is 0. The number of anilines is 1. The Morgan fingerprint density at radius 2 is 2.00 bits per heavy atom. The molecule has 0 unspecified atom stereocenters. The number of rotatable bonds is 4. The summed E-state index contributed by atoms with van der Waals surface area (Å²) >= 11 is 3.36. The molecule has 1 aromatic carbocycles. The van der Waals surface area contributed by atoms with Gasteiger partial charge in [0.25, 0.3) is 5.91 Å². The minimum Gasteiger partial charge on any atom is -0.492 e. The van der Waals surface area contributed by atoms with Gasteiger partial charge in [0, 0.05) is 36.8 Å². The van der Waals surface area contributed by atoms with E-state index in [1.165, 1.54) is 0 Å². The lowest BCUT2D eigenvalue weighted by Gasteiger charge is -2.36. The fourth-order valence-corrected chi connectivity index (χ4v) is 3.15. The monoisotopic (exact) mass is 377 g/mol. The maximum Gasteiger partial charge on any atom is 0.270 e. The van der Waals surface area contributed by atoms with E-state index in [-0.39, 0.29) is 5.91 Å². The topological polar surface area (TPSA) is 48.6 Å². The van der Waals surface area contributed by atoms with Gasteiger partial charge in [-0.3, -0.25) is 4.79 Å². The van der Waals surface area contributed by atoms with Gasteiger partial charge in [-0.25, -0.2) is 0 Å². The number of aromatic nitrogens is 1. The van der Waals surface area contributed by atoms with Gasteiger partial charge in [0.1, 0.15) is 11.4 Å². The third-order valence-corrected chi connectivity index (χ3v) is 4.41. The van der Waals surface area contributed by atoms with Crippen molar-refractivity contribution in [1.29, 1.82) is 0 Å². The number of ether oxygens (including phenoxy) is 1. The van der Waals surface area contributed by atoms with Crippen LogP contribution in [-0.4, -0.2) is 48.6 Å². The van der Waals surface area contributed by atoms with Crippen molar-refractivity contribution in [2.24, 2.45) is 0 Å². The quantitative estimate of drug-likeness (QED) is 0.890. The maximum absolute atomic E-state index is 12.5. The molecule has 1 fully saturated rings. The van der Waals surface area contributed by atoms with Crippen molar-refractivity contribution >= 4 is 27.5 Å². The van der Waals surface area contributed by atoms with Gasteiger partial charge in [0.05, 0.1) is 12.3 Å². The van der Waals surface area contributed by atoms with Gasteiger partial charge < -0.3 is 19.5 Å². The average Bonchev–Trinajstić information content (AvgIpc) is 3.02. The van der Waals surface area contributed by atoms with Crippen molar-refractivity contribution < 1.29 is 9.53 Å². The summed E-state index contributed by atoms with van der Waals surface area (Å²) < 4.78 is 6.60. The number of halogens is 1. The predicted molar refractivity (Wildman–Crippen MR) is 94.2 cm³/mol. The molecule has 1 N–H and O–H groups in total. The van der Waals surface area contributed by atoms with E-state index in [0.717, 1.165) is 29.0 Å². The van der Waals surface area contributed by atoms with E-state index in [2.05, 4.69) is 31.9 Å². The first-order valence-corrected chi connectivity index (χ1v) is 8.58. The van der Waals surface area contributed by atoms with Crippen LogP contribution in [0.2, 0.25) is 0 Å². The van der Waals surface area contributed by atoms with Crippen molar-refractivity contribution in [2.45, 2.75) is 6.92 Å². The van der Waals surface area contributed by atoms with Crippen LogP contribution < -0.4 is 9.64 Å². The van der Waals surface area contributed by atoms with Crippen molar-refractivity contribution in [3.63, 3.8) is 0 Å². The standard InChI is InChI=1S/C17H20BrN3O2/c1-2-23-16-6-4-3-5-15(16)20-7-9-21(10-8-20)17(22)14-11-13(18)12-19-14/h3-6,11-12,19H,2,7-10H2,1H3. The molecule has 6 heteroatoms. The van der Waals surface area contributed by atoms with Gasteiger partial charge in [0.15, 0.2) is 0 Å². The molecule has 0 saturated carbocycles. The minimum atomic E-state index is 0.0495. The number of piperazine rings is 1. The molecule has 0 radical (unpaired) electrons. The number of hydrogen-bond acceptors (Lipinski definition) is 3. The van der Waals surface area contributed by atoms with Crippen LogP contribution in [0.1, 0.15) is 17.4 Å². The van der Waals surface area contributed by atoms with E-state index in [4.69, 9.17) is 4.74 Å². The van der Waals surface area contributed by atoms with Crippen LogP contribution >= 0.6 is 15.9 Å². The highest BCUT2D eigenvalue weighted by Crippen LogP contribution is 2.29. The minimum absolute atomic E-state index is 0.0495. The highest BCUT2D eigenvalue weighted by atomic mass is 79.9. The molecule has 2 heterocycles. The lowest BCUT2D eigenvalue weighted by Crippen LogP contribution is -2.49. The Bertz CT molecular complexity index is 678. The van der Waals surface area contributed by atoms with Gasteiger partial charge in [0.2, 0.25) is 0 Å². The molecule has 1 amide bonds. The summed E-state index contributed by atoms with van der Waals surface area (Å²) in [6.07, 6.45) is 1.78. The maximum atomic E-state index is 12.5. The Balaban J connectivity index is 1.66. The highest BCUT2D eigenvalue weighted by Gasteiger charge is 2.24. The van der Waals surface area contributed by atoms with Crippen molar-refractivity contribution in [2.75, 3.05) is 37.7 Å². The Labute approximate surface area is 144 Å². The summed E-state index contributed by atoms with van der Waals surface area (Å²) in [6.45, 7) is 5.65. The van der Waals surface area contributed by atoms with E-state index in [9.17, 15) is 4.79 Å². The Hall–Kier alpha value is -1.95. The number of nitrogens with one attached hydrogen (secondary N) is 1. The number of nitrogens with zero attached hydrogens (tertiary/aromatic N) is 2. The number of para-hydroxylation sites is 2. The lowest BCUT2D eigenvalue weighted by atomic mass is 10.2. The van der Waals surface area contributed by atoms with Crippen LogP contribution in [0.4, 0.5) is 5.69 Å². The fraction of sp³-hybridized carbons (Fsp3) is 0.353. The number of benzene rings is 1. The van der Waals surface area contributed by atoms with Crippen LogP contribution in [0.15, 0.2) is 41.0 Å². The molecular weight excluding hydrogens is 358 g/mol. The zero-order chi connectivity index (χ0) is 16.2. The molecule has 1 aliphatic rings. The normalized spacial score (nSPS) is 14.9. The molecule has 1 saturated heterocycles. The SMILES string of the molecule is CCOc1ccccc1N1CCN(C(=O)c2cc(Br)c[nH]2)CC1. The second-order valence-electron chi connectivity index (χ2n) is 5.41.